The van der Waals surface area contributed by atoms with Gasteiger partial charge in [-0.1, -0.05) is 30.3 Å². The number of halogens is 1. The molecule has 5 nitrogen and oxygen atoms in total. The Kier molecular flexibility index (Phi) is 5.14. The van der Waals surface area contributed by atoms with Gasteiger partial charge in [-0.15, -0.1) is 12.4 Å². The first-order chi connectivity index (χ1) is 11.3. The highest BCUT2D eigenvalue weighted by molar-refractivity contribution is 5.85. The molecular weight excluding hydrogens is 322 g/mol. The molecule has 6 heteroatoms. The Morgan fingerprint density at radius 1 is 1.12 bits per heavy atom. The van der Waals surface area contributed by atoms with Crippen molar-refractivity contribution in [1.29, 1.82) is 0 Å². The molecule has 126 valence electrons. The lowest BCUT2D eigenvalue weighted by molar-refractivity contribution is 0.313. The molecule has 3 heterocycles. The van der Waals surface area contributed by atoms with Gasteiger partial charge in [0.2, 0.25) is 5.78 Å². The van der Waals surface area contributed by atoms with Crippen molar-refractivity contribution < 1.29 is 0 Å². The van der Waals surface area contributed by atoms with Crippen molar-refractivity contribution in [3.8, 4) is 0 Å². The highest BCUT2D eigenvalue weighted by atomic mass is 35.5. The number of hydrogen-bond acceptors (Lipinski definition) is 4. The highest BCUT2D eigenvalue weighted by Crippen LogP contribution is 2.32. The van der Waals surface area contributed by atoms with E-state index in [0.717, 1.165) is 37.7 Å². The Morgan fingerprint density at radius 3 is 2.71 bits per heavy atom. The third-order valence-corrected chi connectivity index (χ3v) is 4.72. The topological polar surface area (TPSA) is 59.5 Å². The van der Waals surface area contributed by atoms with Crippen LogP contribution >= 0.6 is 12.4 Å². The Bertz CT molecular complexity index is 755. The van der Waals surface area contributed by atoms with Gasteiger partial charge in [-0.3, -0.25) is 9.30 Å². The fourth-order valence-corrected chi connectivity index (χ4v) is 3.59. The predicted octanol–water partition coefficient (Wildman–Crippen LogP) is 2.33. The standard InChI is InChI=1S/C18H21N5.ClH/c19-9-15-10-22(13-17(15)14-5-2-1-3-6-14)11-16-12-23-8-4-7-20-18(23)21-16;/h1-8,12,15,17H,9-11,13,19H2;1H/t15-,17+;/m1./s1. The largest absolute Gasteiger partial charge is 0.330 e. The minimum atomic E-state index is 0. The average molecular weight is 344 g/mol. The lowest BCUT2D eigenvalue weighted by Gasteiger charge is -2.16. The molecule has 2 atom stereocenters. The molecule has 0 aliphatic carbocycles. The van der Waals surface area contributed by atoms with Crippen LogP contribution < -0.4 is 5.73 Å². The molecule has 0 unspecified atom stereocenters. The summed E-state index contributed by atoms with van der Waals surface area (Å²) in [6.45, 7) is 3.64. The molecule has 0 saturated carbocycles. The van der Waals surface area contributed by atoms with Crippen molar-refractivity contribution in [2.24, 2.45) is 11.7 Å². The molecule has 0 radical (unpaired) electrons. The van der Waals surface area contributed by atoms with Crippen LogP contribution in [0.4, 0.5) is 0 Å². The smallest absolute Gasteiger partial charge is 0.233 e. The molecule has 0 amide bonds. The van der Waals surface area contributed by atoms with Crippen molar-refractivity contribution in [1.82, 2.24) is 19.3 Å². The first-order valence-electron chi connectivity index (χ1n) is 8.09. The number of imidazole rings is 1. The van der Waals surface area contributed by atoms with E-state index in [-0.39, 0.29) is 12.4 Å². The number of hydrogen-bond donors (Lipinski definition) is 1. The average Bonchev–Trinajstić information content (AvgIpc) is 3.19. The molecule has 24 heavy (non-hydrogen) atoms. The monoisotopic (exact) mass is 343 g/mol. The molecule has 1 saturated heterocycles. The first kappa shape index (κ1) is 16.9. The third-order valence-electron chi connectivity index (χ3n) is 4.72. The van der Waals surface area contributed by atoms with Gasteiger partial charge < -0.3 is 5.73 Å². The minimum Gasteiger partial charge on any atom is -0.330 e. The normalized spacial score (nSPS) is 21.0. The summed E-state index contributed by atoms with van der Waals surface area (Å²) < 4.78 is 1.97. The van der Waals surface area contributed by atoms with Gasteiger partial charge in [0, 0.05) is 44.1 Å². The van der Waals surface area contributed by atoms with E-state index in [2.05, 4.69) is 51.4 Å². The van der Waals surface area contributed by atoms with Crippen LogP contribution in [-0.4, -0.2) is 38.9 Å². The molecule has 1 fully saturated rings. The van der Waals surface area contributed by atoms with Crippen LogP contribution in [-0.2, 0) is 6.54 Å². The van der Waals surface area contributed by atoms with Crippen molar-refractivity contribution in [3.63, 3.8) is 0 Å². The van der Waals surface area contributed by atoms with Gasteiger partial charge in [0.05, 0.1) is 5.69 Å². The maximum atomic E-state index is 6.02. The maximum Gasteiger partial charge on any atom is 0.233 e. The number of likely N-dealkylation sites (tertiary alicyclic amines) is 1. The van der Waals surface area contributed by atoms with Gasteiger partial charge >= 0.3 is 0 Å². The molecule has 0 spiro atoms. The van der Waals surface area contributed by atoms with Crippen molar-refractivity contribution in [2.45, 2.75) is 12.5 Å². The van der Waals surface area contributed by atoms with Gasteiger partial charge in [-0.25, -0.2) is 9.97 Å². The second-order valence-electron chi connectivity index (χ2n) is 6.27. The summed E-state index contributed by atoms with van der Waals surface area (Å²) in [5.41, 5.74) is 8.48. The van der Waals surface area contributed by atoms with E-state index in [1.54, 1.807) is 6.20 Å². The lowest BCUT2D eigenvalue weighted by atomic mass is 9.89. The number of benzene rings is 1. The molecule has 1 aromatic carbocycles. The van der Waals surface area contributed by atoms with E-state index in [1.807, 2.05) is 16.7 Å². The molecule has 0 bridgehead atoms. The molecule has 2 aromatic heterocycles. The number of nitrogens with two attached hydrogens (primary N) is 1. The summed E-state index contributed by atoms with van der Waals surface area (Å²) in [5, 5.41) is 0. The molecule has 4 rings (SSSR count). The Labute approximate surface area is 147 Å². The van der Waals surface area contributed by atoms with E-state index in [4.69, 9.17) is 5.73 Å². The first-order valence-corrected chi connectivity index (χ1v) is 8.09. The second-order valence-corrected chi connectivity index (χ2v) is 6.27. The third kappa shape index (κ3) is 3.29. The van der Waals surface area contributed by atoms with Crippen LogP contribution in [0.2, 0.25) is 0 Å². The highest BCUT2D eigenvalue weighted by Gasteiger charge is 2.32. The number of aromatic nitrogens is 3. The Hall–Kier alpha value is -1.95. The summed E-state index contributed by atoms with van der Waals surface area (Å²) in [4.78, 5) is 11.3. The van der Waals surface area contributed by atoms with E-state index in [0.29, 0.717) is 11.8 Å². The fourth-order valence-electron chi connectivity index (χ4n) is 3.59. The predicted molar refractivity (Wildman–Crippen MR) is 97.2 cm³/mol. The van der Waals surface area contributed by atoms with Gasteiger partial charge in [0.25, 0.3) is 0 Å². The zero-order valence-corrected chi connectivity index (χ0v) is 14.3. The second kappa shape index (κ2) is 7.30. The van der Waals surface area contributed by atoms with Crippen LogP contribution in [0.15, 0.2) is 55.0 Å². The van der Waals surface area contributed by atoms with E-state index >= 15 is 0 Å². The summed E-state index contributed by atoms with van der Waals surface area (Å²) in [6.07, 6.45) is 5.83. The van der Waals surface area contributed by atoms with Crippen LogP contribution in [0, 0.1) is 5.92 Å². The van der Waals surface area contributed by atoms with Crippen molar-refractivity contribution >= 4 is 18.2 Å². The number of fused-ring (bicyclic) bond motifs is 1. The quantitative estimate of drug-likeness (QED) is 0.789. The van der Waals surface area contributed by atoms with Crippen LogP contribution in [0.1, 0.15) is 17.2 Å². The van der Waals surface area contributed by atoms with Gasteiger partial charge in [-0.2, -0.15) is 0 Å². The summed E-state index contributed by atoms with van der Waals surface area (Å²) in [5.74, 6) is 1.78. The Balaban J connectivity index is 0.00000169. The van der Waals surface area contributed by atoms with Crippen molar-refractivity contribution in [2.75, 3.05) is 19.6 Å². The number of nitrogens with zero attached hydrogens (tertiary/aromatic N) is 4. The Morgan fingerprint density at radius 2 is 1.96 bits per heavy atom. The zero-order chi connectivity index (χ0) is 15.6. The lowest BCUT2D eigenvalue weighted by Crippen LogP contribution is -2.23. The van der Waals surface area contributed by atoms with Crippen LogP contribution in [0.5, 0.6) is 0 Å². The molecule has 2 N–H and O–H groups in total. The van der Waals surface area contributed by atoms with Gasteiger partial charge in [0.15, 0.2) is 0 Å². The van der Waals surface area contributed by atoms with Gasteiger partial charge in [-0.05, 0) is 24.1 Å². The van der Waals surface area contributed by atoms with E-state index < -0.39 is 0 Å². The summed E-state index contributed by atoms with van der Waals surface area (Å²) in [6, 6.07) is 12.6. The molecule has 3 aromatic rings. The van der Waals surface area contributed by atoms with Gasteiger partial charge in [0.1, 0.15) is 0 Å². The molecular formula is C18H22ClN5. The minimum absolute atomic E-state index is 0. The molecule has 1 aliphatic heterocycles. The number of rotatable bonds is 4. The SMILES string of the molecule is Cl.NC[C@@H]1CN(Cc2cn3cccnc3n2)C[C@H]1c1ccccc1. The zero-order valence-electron chi connectivity index (χ0n) is 13.5. The maximum absolute atomic E-state index is 6.02. The van der Waals surface area contributed by atoms with Crippen molar-refractivity contribution in [3.05, 3.63) is 66.2 Å². The summed E-state index contributed by atoms with van der Waals surface area (Å²) in [7, 11) is 0. The fraction of sp³-hybridized carbons (Fsp3) is 0.333. The van der Waals surface area contributed by atoms with Crippen LogP contribution in [0.25, 0.3) is 5.78 Å². The van der Waals surface area contributed by atoms with Crippen LogP contribution in [0.3, 0.4) is 0 Å². The van der Waals surface area contributed by atoms with E-state index in [1.165, 1.54) is 5.56 Å². The van der Waals surface area contributed by atoms with E-state index in [9.17, 15) is 0 Å². The summed E-state index contributed by atoms with van der Waals surface area (Å²) >= 11 is 0. The molecule has 1 aliphatic rings.